The molecule has 0 aromatic heterocycles. The summed E-state index contributed by atoms with van der Waals surface area (Å²) in [6.07, 6.45) is 3.82. The molecule has 2 aliphatic rings. The minimum Gasteiger partial charge on any atom is -0.379 e. The van der Waals surface area contributed by atoms with Gasteiger partial charge in [0.1, 0.15) is 0 Å². The lowest BCUT2D eigenvalue weighted by Gasteiger charge is -2.27. The Labute approximate surface area is 126 Å². The Morgan fingerprint density at radius 3 is 2.80 bits per heavy atom. The van der Waals surface area contributed by atoms with E-state index in [0.29, 0.717) is 6.04 Å². The van der Waals surface area contributed by atoms with E-state index >= 15 is 0 Å². The second kappa shape index (κ2) is 6.90. The Kier molecular flexibility index (Phi) is 4.94. The highest BCUT2D eigenvalue weighted by atomic mass is 35.5. The second-order valence-electron chi connectivity index (χ2n) is 5.74. The molecule has 0 spiro atoms. The first kappa shape index (κ1) is 14.3. The van der Waals surface area contributed by atoms with Crippen LogP contribution in [0.5, 0.6) is 0 Å². The lowest BCUT2D eigenvalue weighted by molar-refractivity contribution is 0.0342. The van der Waals surface area contributed by atoms with Crippen LogP contribution in [0.25, 0.3) is 0 Å². The van der Waals surface area contributed by atoms with Gasteiger partial charge in [0.2, 0.25) is 0 Å². The summed E-state index contributed by atoms with van der Waals surface area (Å²) in [4.78, 5) is 2.41. The van der Waals surface area contributed by atoms with Gasteiger partial charge in [0, 0.05) is 30.7 Å². The molecule has 1 aromatic rings. The number of piperidine rings is 1. The van der Waals surface area contributed by atoms with Gasteiger partial charge in [0.25, 0.3) is 0 Å². The van der Waals surface area contributed by atoms with Gasteiger partial charge < -0.3 is 10.1 Å². The third kappa shape index (κ3) is 3.53. The molecule has 0 saturated carbocycles. The van der Waals surface area contributed by atoms with Crippen LogP contribution in [-0.2, 0) is 11.3 Å². The van der Waals surface area contributed by atoms with Crippen molar-refractivity contribution in [2.45, 2.75) is 31.8 Å². The van der Waals surface area contributed by atoms with Crippen LogP contribution in [0.1, 0.15) is 36.4 Å². The highest BCUT2D eigenvalue weighted by molar-refractivity contribution is 6.31. The fraction of sp³-hybridized carbons (Fsp3) is 0.625. The zero-order valence-electron chi connectivity index (χ0n) is 11.9. The Hall–Kier alpha value is -0.610. The van der Waals surface area contributed by atoms with Crippen molar-refractivity contribution in [1.82, 2.24) is 10.2 Å². The van der Waals surface area contributed by atoms with Gasteiger partial charge in [-0.15, -0.1) is 0 Å². The molecule has 0 amide bonds. The summed E-state index contributed by atoms with van der Waals surface area (Å²) in [7, 11) is 0. The molecule has 1 unspecified atom stereocenters. The molecule has 2 aliphatic heterocycles. The maximum atomic E-state index is 6.48. The molecule has 1 N–H and O–H groups in total. The number of nitrogens with zero attached hydrogens (tertiary/aromatic N) is 1. The molecule has 2 saturated heterocycles. The van der Waals surface area contributed by atoms with Crippen molar-refractivity contribution < 1.29 is 4.74 Å². The smallest absolute Gasteiger partial charge is 0.0594 e. The summed E-state index contributed by atoms with van der Waals surface area (Å²) >= 11 is 6.48. The summed E-state index contributed by atoms with van der Waals surface area (Å²) in [5.74, 6) is 0. The number of ether oxygens (including phenoxy) is 1. The summed E-state index contributed by atoms with van der Waals surface area (Å²) < 4.78 is 5.38. The van der Waals surface area contributed by atoms with E-state index < -0.39 is 0 Å². The second-order valence-corrected chi connectivity index (χ2v) is 6.15. The third-order valence-electron chi connectivity index (χ3n) is 4.29. The van der Waals surface area contributed by atoms with Gasteiger partial charge in [-0.25, -0.2) is 0 Å². The number of rotatable bonds is 3. The molecular weight excluding hydrogens is 272 g/mol. The zero-order chi connectivity index (χ0) is 13.8. The summed E-state index contributed by atoms with van der Waals surface area (Å²) in [6, 6.07) is 7.08. The molecule has 1 aromatic carbocycles. The standard InChI is InChI=1S/C16H23ClN2O/c17-15-11-13(16-3-1-2-6-18-16)4-5-14(15)12-19-7-9-20-10-8-19/h4-5,11,16,18H,1-3,6-10,12H2. The van der Waals surface area contributed by atoms with Crippen molar-refractivity contribution in [3.8, 4) is 0 Å². The molecule has 3 rings (SSSR count). The number of hydrogen-bond acceptors (Lipinski definition) is 3. The zero-order valence-corrected chi connectivity index (χ0v) is 12.7. The van der Waals surface area contributed by atoms with E-state index in [2.05, 4.69) is 28.4 Å². The molecule has 0 aliphatic carbocycles. The van der Waals surface area contributed by atoms with Crippen molar-refractivity contribution in [2.75, 3.05) is 32.8 Å². The first-order valence-electron chi connectivity index (χ1n) is 7.65. The van der Waals surface area contributed by atoms with E-state index in [0.717, 1.165) is 44.4 Å². The third-order valence-corrected chi connectivity index (χ3v) is 4.64. The Balaban J connectivity index is 1.66. The largest absolute Gasteiger partial charge is 0.379 e. The van der Waals surface area contributed by atoms with Crippen LogP contribution >= 0.6 is 11.6 Å². The van der Waals surface area contributed by atoms with Crippen LogP contribution in [-0.4, -0.2) is 37.7 Å². The SMILES string of the molecule is Clc1cc(C2CCCCN2)ccc1CN1CCOCC1. The molecule has 0 radical (unpaired) electrons. The van der Waals surface area contributed by atoms with Crippen LogP contribution in [0.15, 0.2) is 18.2 Å². The number of morpholine rings is 1. The number of nitrogens with one attached hydrogen (secondary N) is 1. The maximum Gasteiger partial charge on any atom is 0.0594 e. The van der Waals surface area contributed by atoms with Crippen LogP contribution in [0, 0.1) is 0 Å². The molecule has 4 heteroatoms. The molecule has 1 atom stereocenters. The van der Waals surface area contributed by atoms with Crippen molar-refractivity contribution >= 4 is 11.6 Å². The first-order chi connectivity index (χ1) is 9.83. The summed E-state index contributed by atoms with van der Waals surface area (Å²) in [6.45, 7) is 5.73. The van der Waals surface area contributed by atoms with Gasteiger partial charge in [0.15, 0.2) is 0 Å². The van der Waals surface area contributed by atoms with E-state index in [-0.39, 0.29) is 0 Å². The van der Waals surface area contributed by atoms with Crippen molar-refractivity contribution in [1.29, 1.82) is 0 Å². The van der Waals surface area contributed by atoms with Gasteiger partial charge in [-0.1, -0.05) is 30.2 Å². The molecular formula is C16H23ClN2O. The highest BCUT2D eigenvalue weighted by Gasteiger charge is 2.17. The number of hydrogen-bond donors (Lipinski definition) is 1. The average Bonchev–Trinajstić information content (AvgIpc) is 2.51. The summed E-state index contributed by atoms with van der Waals surface area (Å²) in [5.41, 5.74) is 2.56. The van der Waals surface area contributed by atoms with Crippen LogP contribution < -0.4 is 5.32 Å². The number of benzene rings is 1. The molecule has 20 heavy (non-hydrogen) atoms. The highest BCUT2D eigenvalue weighted by Crippen LogP contribution is 2.27. The average molecular weight is 295 g/mol. The Morgan fingerprint density at radius 2 is 2.10 bits per heavy atom. The van der Waals surface area contributed by atoms with Crippen molar-refractivity contribution in [2.24, 2.45) is 0 Å². The monoisotopic (exact) mass is 294 g/mol. The quantitative estimate of drug-likeness (QED) is 0.927. The Morgan fingerprint density at radius 1 is 1.25 bits per heavy atom. The predicted octanol–water partition coefficient (Wildman–Crippen LogP) is 2.99. The van der Waals surface area contributed by atoms with Crippen LogP contribution in [0.4, 0.5) is 0 Å². The van der Waals surface area contributed by atoms with Gasteiger partial charge in [-0.05, 0) is 36.6 Å². The molecule has 3 nitrogen and oxygen atoms in total. The lowest BCUT2D eigenvalue weighted by atomic mass is 9.96. The first-order valence-corrected chi connectivity index (χ1v) is 8.02. The van der Waals surface area contributed by atoms with E-state index in [1.165, 1.54) is 30.4 Å². The van der Waals surface area contributed by atoms with E-state index in [1.807, 2.05) is 0 Å². The van der Waals surface area contributed by atoms with Crippen LogP contribution in [0.2, 0.25) is 5.02 Å². The lowest BCUT2D eigenvalue weighted by Crippen LogP contribution is -2.35. The van der Waals surface area contributed by atoms with Gasteiger partial charge in [-0.3, -0.25) is 4.90 Å². The Bertz CT molecular complexity index is 440. The maximum absolute atomic E-state index is 6.48. The normalized spacial score (nSPS) is 24.8. The van der Waals surface area contributed by atoms with Crippen LogP contribution in [0.3, 0.4) is 0 Å². The van der Waals surface area contributed by atoms with Gasteiger partial charge >= 0.3 is 0 Å². The molecule has 0 bridgehead atoms. The van der Waals surface area contributed by atoms with Crippen molar-refractivity contribution in [3.05, 3.63) is 34.3 Å². The summed E-state index contributed by atoms with van der Waals surface area (Å²) in [5, 5.41) is 4.48. The molecule has 2 heterocycles. The molecule has 2 fully saturated rings. The number of halogens is 1. The minimum absolute atomic E-state index is 0.485. The topological polar surface area (TPSA) is 24.5 Å². The van der Waals surface area contributed by atoms with E-state index in [1.54, 1.807) is 0 Å². The van der Waals surface area contributed by atoms with Crippen molar-refractivity contribution in [3.63, 3.8) is 0 Å². The van der Waals surface area contributed by atoms with E-state index in [9.17, 15) is 0 Å². The fourth-order valence-corrected chi connectivity index (χ4v) is 3.29. The molecule has 110 valence electrons. The minimum atomic E-state index is 0.485. The van der Waals surface area contributed by atoms with Gasteiger partial charge in [-0.2, -0.15) is 0 Å². The predicted molar refractivity (Wildman–Crippen MR) is 82.1 cm³/mol. The fourth-order valence-electron chi connectivity index (χ4n) is 3.05. The van der Waals surface area contributed by atoms with E-state index in [4.69, 9.17) is 16.3 Å². The van der Waals surface area contributed by atoms with Gasteiger partial charge in [0.05, 0.1) is 13.2 Å².